The first-order chi connectivity index (χ1) is 12.6. The molecule has 0 aliphatic rings. The van der Waals surface area contributed by atoms with Crippen LogP contribution >= 0.6 is 34.3 Å². The van der Waals surface area contributed by atoms with Gasteiger partial charge in [0.05, 0.1) is 24.4 Å². The number of halogens is 1. The smallest absolute Gasteiger partial charge is 0.307 e. The van der Waals surface area contributed by atoms with Gasteiger partial charge in [-0.05, 0) is 23.1 Å². The normalized spacial score (nSPS) is 11.8. The molecule has 2 heterocycles. The first-order valence-electron chi connectivity index (χ1n) is 7.70. The topological polar surface area (TPSA) is 68.3 Å². The summed E-state index contributed by atoms with van der Waals surface area (Å²) in [5, 5.41) is 7.75. The number of carbonyl (C=O) groups excluding carboxylic acids is 2. The Morgan fingerprint density at radius 3 is 2.73 bits per heavy atom. The highest BCUT2D eigenvalue weighted by Crippen LogP contribution is 2.29. The number of nitrogens with one attached hydrogen (secondary N) is 1. The number of carbonyl (C=O) groups is 2. The minimum Gasteiger partial charge on any atom is -0.469 e. The van der Waals surface area contributed by atoms with E-state index in [1.807, 2.05) is 17.5 Å². The van der Waals surface area contributed by atoms with Crippen LogP contribution in [0.25, 0.3) is 9.88 Å². The Hall–Kier alpha value is -2.22. The van der Waals surface area contributed by atoms with Gasteiger partial charge in [0.25, 0.3) is 5.91 Å². The van der Waals surface area contributed by atoms with Crippen molar-refractivity contribution < 1.29 is 14.3 Å². The molecule has 3 aromatic rings. The molecule has 0 aliphatic heterocycles. The van der Waals surface area contributed by atoms with E-state index in [0.717, 1.165) is 9.88 Å². The molecule has 8 heteroatoms. The molecule has 1 amide bonds. The first kappa shape index (κ1) is 18.6. The fourth-order valence-electron chi connectivity index (χ4n) is 2.37. The number of aromatic nitrogens is 1. The third-order valence-corrected chi connectivity index (χ3v) is 5.88. The van der Waals surface area contributed by atoms with Crippen molar-refractivity contribution >= 4 is 46.2 Å². The van der Waals surface area contributed by atoms with E-state index in [0.29, 0.717) is 16.3 Å². The second-order valence-electron chi connectivity index (χ2n) is 5.34. The average molecular weight is 407 g/mol. The molecule has 2 aromatic heterocycles. The van der Waals surface area contributed by atoms with Crippen molar-refractivity contribution in [1.29, 1.82) is 0 Å². The van der Waals surface area contributed by atoms with Gasteiger partial charge in [0.15, 0.2) is 0 Å². The lowest BCUT2D eigenvalue weighted by Gasteiger charge is -2.18. The van der Waals surface area contributed by atoms with Gasteiger partial charge in [0.1, 0.15) is 10.7 Å². The summed E-state index contributed by atoms with van der Waals surface area (Å²) in [4.78, 5) is 29.8. The molecule has 0 saturated carbocycles. The third kappa shape index (κ3) is 4.30. The van der Waals surface area contributed by atoms with Crippen molar-refractivity contribution in [2.24, 2.45) is 0 Å². The summed E-state index contributed by atoms with van der Waals surface area (Å²) in [6, 6.07) is 10.4. The molecule has 0 saturated heterocycles. The summed E-state index contributed by atoms with van der Waals surface area (Å²) in [5.74, 6) is -0.800. The van der Waals surface area contributed by atoms with Crippen LogP contribution in [0.1, 0.15) is 28.5 Å². The quantitative estimate of drug-likeness (QED) is 0.609. The molecule has 0 aliphatic carbocycles. The maximum Gasteiger partial charge on any atom is 0.307 e. The zero-order chi connectivity index (χ0) is 18.5. The number of methoxy groups -OCH3 is 1. The summed E-state index contributed by atoms with van der Waals surface area (Å²) < 4.78 is 4.74. The molecule has 1 aromatic carbocycles. The number of hydrogen-bond acceptors (Lipinski definition) is 6. The highest BCUT2D eigenvalue weighted by Gasteiger charge is 2.23. The predicted molar refractivity (Wildman–Crippen MR) is 104 cm³/mol. The van der Waals surface area contributed by atoms with E-state index in [1.165, 1.54) is 18.4 Å². The highest BCUT2D eigenvalue weighted by molar-refractivity contribution is 7.20. The van der Waals surface area contributed by atoms with Gasteiger partial charge in [0.2, 0.25) is 0 Å². The largest absolute Gasteiger partial charge is 0.469 e. The van der Waals surface area contributed by atoms with Crippen molar-refractivity contribution in [3.8, 4) is 9.88 Å². The molecule has 1 atom stereocenters. The summed E-state index contributed by atoms with van der Waals surface area (Å²) in [7, 11) is 1.31. The number of esters is 1. The molecule has 134 valence electrons. The Morgan fingerprint density at radius 1 is 1.23 bits per heavy atom. The number of benzene rings is 1. The van der Waals surface area contributed by atoms with Gasteiger partial charge >= 0.3 is 5.97 Å². The Balaban J connectivity index is 1.81. The second-order valence-corrected chi connectivity index (χ2v) is 7.56. The number of thiophene rings is 1. The Labute approximate surface area is 163 Å². The maximum absolute atomic E-state index is 12.6. The highest BCUT2D eigenvalue weighted by atomic mass is 35.5. The van der Waals surface area contributed by atoms with Gasteiger partial charge < -0.3 is 10.1 Å². The van der Waals surface area contributed by atoms with Crippen LogP contribution in [0.2, 0.25) is 5.02 Å². The van der Waals surface area contributed by atoms with E-state index < -0.39 is 12.0 Å². The fraction of sp³-hybridized carbons (Fsp3) is 0.167. The van der Waals surface area contributed by atoms with Gasteiger partial charge in [-0.1, -0.05) is 35.9 Å². The SMILES string of the molecule is COC(=O)C[C@@H](NC(=O)c1csc(-c2cccs2)n1)c1ccccc1Cl. The molecule has 0 bridgehead atoms. The lowest BCUT2D eigenvalue weighted by molar-refractivity contribution is -0.141. The van der Waals surface area contributed by atoms with Crippen LogP contribution in [-0.4, -0.2) is 24.0 Å². The van der Waals surface area contributed by atoms with Gasteiger partial charge in [-0.15, -0.1) is 22.7 Å². The molecule has 3 rings (SSSR count). The fourth-order valence-corrected chi connectivity index (χ4v) is 4.25. The van der Waals surface area contributed by atoms with Crippen LogP contribution in [0, 0.1) is 0 Å². The summed E-state index contributed by atoms with van der Waals surface area (Å²) in [6.07, 6.45) is -0.0199. The number of hydrogen-bond donors (Lipinski definition) is 1. The van der Waals surface area contributed by atoms with Gasteiger partial charge in [-0.25, -0.2) is 4.98 Å². The lowest BCUT2D eigenvalue weighted by atomic mass is 10.0. The molecule has 0 fully saturated rings. The first-order valence-corrected chi connectivity index (χ1v) is 9.83. The molecule has 5 nitrogen and oxygen atoms in total. The zero-order valence-corrected chi connectivity index (χ0v) is 16.2. The summed E-state index contributed by atoms with van der Waals surface area (Å²) in [6.45, 7) is 0. The van der Waals surface area contributed by atoms with Crippen LogP contribution in [0.5, 0.6) is 0 Å². The maximum atomic E-state index is 12.6. The van der Waals surface area contributed by atoms with Crippen LogP contribution in [0.4, 0.5) is 0 Å². The molecule has 0 spiro atoms. The monoisotopic (exact) mass is 406 g/mol. The van der Waals surface area contributed by atoms with E-state index in [-0.39, 0.29) is 12.3 Å². The van der Waals surface area contributed by atoms with Crippen LogP contribution in [-0.2, 0) is 9.53 Å². The van der Waals surface area contributed by atoms with E-state index in [2.05, 4.69) is 10.3 Å². The molecule has 26 heavy (non-hydrogen) atoms. The molecule has 1 N–H and O–H groups in total. The summed E-state index contributed by atoms with van der Waals surface area (Å²) >= 11 is 9.19. The van der Waals surface area contributed by atoms with E-state index in [4.69, 9.17) is 16.3 Å². The van der Waals surface area contributed by atoms with Crippen LogP contribution < -0.4 is 5.32 Å². The number of thiazole rings is 1. The van der Waals surface area contributed by atoms with Crippen molar-refractivity contribution in [2.45, 2.75) is 12.5 Å². The van der Waals surface area contributed by atoms with Gasteiger partial charge in [0, 0.05) is 10.4 Å². The zero-order valence-electron chi connectivity index (χ0n) is 13.8. The number of ether oxygens (including phenoxy) is 1. The van der Waals surface area contributed by atoms with Crippen molar-refractivity contribution in [3.63, 3.8) is 0 Å². The predicted octanol–water partition coefficient (Wildman–Crippen LogP) is 4.56. The molecule has 0 radical (unpaired) electrons. The Bertz CT molecular complexity index is 909. The van der Waals surface area contributed by atoms with Crippen molar-refractivity contribution in [3.05, 3.63) is 63.4 Å². The molecular formula is C18H15ClN2O3S2. The average Bonchev–Trinajstić information content (AvgIpc) is 3.32. The van der Waals surface area contributed by atoms with Crippen molar-refractivity contribution in [1.82, 2.24) is 10.3 Å². The summed E-state index contributed by atoms with van der Waals surface area (Å²) in [5.41, 5.74) is 0.960. The Morgan fingerprint density at radius 2 is 2.04 bits per heavy atom. The standard InChI is InChI=1S/C18H15ClN2O3S2/c1-24-16(22)9-13(11-5-2-3-6-12(11)19)20-17(23)14-10-26-18(21-14)15-7-4-8-25-15/h2-8,10,13H,9H2,1H3,(H,20,23)/t13-/m1/s1. The van der Waals surface area contributed by atoms with E-state index >= 15 is 0 Å². The second kappa shape index (κ2) is 8.44. The lowest BCUT2D eigenvalue weighted by Crippen LogP contribution is -2.31. The van der Waals surface area contributed by atoms with E-state index in [9.17, 15) is 9.59 Å². The van der Waals surface area contributed by atoms with E-state index in [1.54, 1.807) is 41.0 Å². The minimum absolute atomic E-state index is 0.0199. The van der Waals surface area contributed by atoms with Crippen molar-refractivity contribution in [2.75, 3.05) is 7.11 Å². The van der Waals surface area contributed by atoms with Gasteiger partial charge in [-0.2, -0.15) is 0 Å². The Kier molecular flexibility index (Phi) is 6.03. The number of nitrogens with zero attached hydrogens (tertiary/aromatic N) is 1. The molecular weight excluding hydrogens is 392 g/mol. The van der Waals surface area contributed by atoms with Crippen LogP contribution in [0.15, 0.2) is 47.2 Å². The number of amides is 1. The minimum atomic E-state index is -0.601. The van der Waals surface area contributed by atoms with Gasteiger partial charge in [-0.3, -0.25) is 9.59 Å². The van der Waals surface area contributed by atoms with Crippen LogP contribution in [0.3, 0.4) is 0 Å². The third-order valence-electron chi connectivity index (χ3n) is 3.65. The molecule has 0 unspecified atom stereocenters. The number of rotatable bonds is 6.